The lowest BCUT2D eigenvalue weighted by molar-refractivity contribution is 0.182. The molecule has 2 aromatic carbocycles. The highest BCUT2D eigenvalue weighted by atomic mass is 35.5. The maximum atomic E-state index is 13.1. The van der Waals surface area contributed by atoms with Crippen molar-refractivity contribution in [2.75, 3.05) is 26.2 Å². The molecule has 2 heterocycles. The lowest BCUT2D eigenvalue weighted by Gasteiger charge is -2.34. The van der Waals surface area contributed by atoms with Gasteiger partial charge in [-0.2, -0.15) is 4.31 Å². The number of hydrogen-bond acceptors (Lipinski definition) is 5. The van der Waals surface area contributed by atoms with Gasteiger partial charge >= 0.3 is 5.63 Å². The molecule has 30 heavy (non-hydrogen) atoms. The van der Waals surface area contributed by atoms with Gasteiger partial charge in [0.2, 0.25) is 10.0 Å². The minimum atomic E-state index is -3.67. The normalized spacial score (nSPS) is 16.2. The van der Waals surface area contributed by atoms with Crippen molar-refractivity contribution in [3.63, 3.8) is 0 Å². The van der Waals surface area contributed by atoms with Crippen LogP contribution in [-0.4, -0.2) is 43.8 Å². The van der Waals surface area contributed by atoms with E-state index in [2.05, 4.69) is 4.90 Å². The Kier molecular flexibility index (Phi) is 5.67. The van der Waals surface area contributed by atoms with Crippen molar-refractivity contribution in [2.45, 2.75) is 18.4 Å². The fraction of sp³-hybridized carbons (Fsp3) is 0.286. The van der Waals surface area contributed by atoms with Crippen molar-refractivity contribution < 1.29 is 17.2 Å². The Labute approximate surface area is 178 Å². The van der Waals surface area contributed by atoms with E-state index in [1.807, 2.05) is 6.92 Å². The Morgan fingerprint density at radius 2 is 1.73 bits per heavy atom. The molecule has 0 N–H and O–H groups in total. The lowest BCUT2D eigenvalue weighted by Crippen LogP contribution is -2.48. The van der Waals surface area contributed by atoms with Crippen molar-refractivity contribution in [1.82, 2.24) is 9.21 Å². The monoisotopic (exact) mass is 450 g/mol. The van der Waals surface area contributed by atoms with Gasteiger partial charge in [0, 0.05) is 49.2 Å². The summed E-state index contributed by atoms with van der Waals surface area (Å²) < 4.78 is 45.3. The summed E-state index contributed by atoms with van der Waals surface area (Å²) in [4.78, 5) is 14.1. The van der Waals surface area contributed by atoms with Crippen LogP contribution in [0.25, 0.3) is 11.0 Å². The minimum absolute atomic E-state index is 0.0778. The molecule has 0 spiro atoms. The second-order valence-corrected chi connectivity index (χ2v) is 9.67. The quantitative estimate of drug-likeness (QED) is 0.570. The van der Waals surface area contributed by atoms with Gasteiger partial charge in [-0.25, -0.2) is 17.6 Å². The minimum Gasteiger partial charge on any atom is -0.423 e. The highest BCUT2D eigenvalue weighted by Crippen LogP contribution is 2.26. The molecule has 6 nitrogen and oxygen atoms in total. The van der Waals surface area contributed by atoms with Gasteiger partial charge in [0.1, 0.15) is 11.4 Å². The summed E-state index contributed by atoms with van der Waals surface area (Å²) in [5.41, 5.74) is 1.66. The fourth-order valence-corrected chi connectivity index (χ4v) is 5.19. The molecule has 0 unspecified atom stereocenters. The average molecular weight is 451 g/mol. The number of rotatable bonds is 4. The van der Waals surface area contributed by atoms with Crippen LogP contribution < -0.4 is 5.63 Å². The number of nitrogens with zero attached hydrogens (tertiary/aromatic N) is 2. The summed E-state index contributed by atoms with van der Waals surface area (Å²) >= 11 is 6.25. The van der Waals surface area contributed by atoms with Crippen LogP contribution in [0, 0.1) is 12.7 Å². The molecule has 1 aromatic heterocycles. The molecular weight excluding hydrogens is 431 g/mol. The van der Waals surface area contributed by atoms with E-state index in [1.165, 1.54) is 22.5 Å². The fourth-order valence-electron chi connectivity index (χ4n) is 3.60. The topological polar surface area (TPSA) is 70.8 Å². The van der Waals surface area contributed by atoms with Gasteiger partial charge in [0.15, 0.2) is 0 Å². The van der Waals surface area contributed by atoms with Crippen molar-refractivity contribution >= 4 is 32.6 Å². The average Bonchev–Trinajstić information content (AvgIpc) is 2.70. The number of fused-ring (bicyclic) bond motifs is 1. The van der Waals surface area contributed by atoms with Gasteiger partial charge in [-0.15, -0.1) is 0 Å². The number of aryl methyl sites for hydroxylation is 1. The maximum absolute atomic E-state index is 13.1. The molecular formula is C21H20ClFN2O4S. The SMILES string of the molecule is Cc1cc2oc(=O)cc(CN3CCN(S(=O)(=O)c4ccc(F)cc4)CC3)c2cc1Cl. The third-order valence-corrected chi connectivity index (χ3v) is 7.61. The van der Waals surface area contributed by atoms with Gasteiger partial charge in [-0.05, 0) is 54.4 Å². The van der Waals surface area contributed by atoms with E-state index < -0.39 is 21.5 Å². The van der Waals surface area contributed by atoms with Crippen molar-refractivity contribution in [1.29, 1.82) is 0 Å². The molecule has 0 amide bonds. The third-order valence-electron chi connectivity index (χ3n) is 5.29. The highest BCUT2D eigenvalue weighted by molar-refractivity contribution is 7.89. The van der Waals surface area contributed by atoms with Crippen LogP contribution >= 0.6 is 11.6 Å². The van der Waals surface area contributed by atoms with E-state index >= 15 is 0 Å². The standard InChI is InChI=1S/C21H20ClFN2O4S/c1-14-10-20-18(12-19(14)22)15(11-21(26)29-20)13-24-6-8-25(9-7-24)30(27,28)17-4-2-16(23)3-5-17/h2-5,10-12H,6-9,13H2,1H3. The van der Waals surface area contributed by atoms with Crippen molar-refractivity contribution in [3.05, 3.63) is 74.9 Å². The van der Waals surface area contributed by atoms with Gasteiger partial charge in [0.05, 0.1) is 4.90 Å². The van der Waals surface area contributed by atoms with Crippen molar-refractivity contribution in [2.24, 2.45) is 0 Å². The molecule has 158 valence electrons. The summed E-state index contributed by atoms with van der Waals surface area (Å²) in [5.74, 6) is -0.478. The van der Waals surface area contributed by atoms with Crippen LogP contribution in [0.4, 0.5) is 4.39 Å². The molecule has 0 saturated carbocycles. The van der Waals surface area contributed by atoms with Crippen LogP contribution in [-0.2, 0) is 16.6 Å². The number of sulfonamides is 1. The molecule has 3 aromatic rings. The smallest absolute Gasteiger partial charge is 0.336 e. The van der Waals surface area contributed by atoms with E-state index in [1.54, 1.807) is 12.1 Å². The number of piperazine rings is 1. The van der Waals surface area contributed by atoms with Gasteiger partial charge in [0.25, 0.3) is 0 Å². The first kappa shape index (κ1) is 21.0. The van der Waals surface area contributed by atoms with Crippen LogP contribution in [0.15, 0.2) is 56.6 Å². The zero-order valence-electron chi connectivity index (χ0n) is 16.3. The molecule has 1 aliphatic rings. The molecule has 1 fully saturated rings. The highest BCUT2D eigenvalue weighted by Gasteiger charge is 2.28. The maximum Gasteiger partial charge on any atom is 0.336 e. The molecule has 0 radical (unpaired) electrons. The van der Waals surface area contributed by atoms with E-state index in [0.717, 1.165) is 28.6 Å². The second-order valence-electron chi connectivity index (χ2n) is 7.32. The molecule has 9 heteroatoms. The predicted molar refractivity (Wildman–Crippen MR) is 113 cm³/mol. The Morgan fingerprint density at radius 1 is 1.07 bits per heavy atom. The van der Waals surface area contributed by atoms with Gasteiger partial charge in [-0.1, -0.05) is 11.6 Å². The lowest BCUT2D eigenvalue weighted by atomic mass is 10.1. The summed E-state index contributed by atoms with van der Waals surface area (Å²) in [6, 6.07) is 9.82. The van der Waals surface area contributed by atoms with Crippen molar-refractivity contribution in [3.8, 4) is 0 Å². The number of benzene rings is 2. The Hall–Kier alpha value is -2.26. The predicted octanol–water partition coefficient (Wildman–Crippen LogP) is 3.40. The summed E-state index contributed by atoms with van der Waals surface area (Å²) in [5, 5.41) is 1.36. The van der Waals surface area contributed by atoms with E-state index in [-0.39, 0.29) is 4.90 Å². The molecule has 4 rings (SSSR count). The van der Waals surface area contributed by atoms with Crippen LogP contribution in [0.1, 0.15) is 11.1 Å². The first-order valence-corrected chi connectivity index (χ1v) is 11.3. The van der Waals surface area contributed by atoms with Crippen LogP contribution in [0.3, 0.4) is 0 Å². The Balaban J connectivity index is 1.51. The largest absolute Gasteiger partial charge is 0.423 e. The first-order chi connectivity index (χ1) is 14.2. The molecule has 1 saturated heterocycles. The zero-order chi connectivity index (χ0) is 21.5. The summed E-state index contributed by atoms with van der Waals surface area (Å²) in [7, 11) is -3.67. The van der Waals surface area contributed by atoms with Crippen LogP contribution in [0.2, 0.25) is 5.02 Å². The van der Waals surface area contributed by atoms with Gasteiger partial charge in [-0.3, -0.25) is 4.90 Å². The number of hydrogen-bond donors (Lipinski definition) is 0. The molecule has 0 atom stereocenters. The third kappa shape index (κ3) is 4.13. The first-order valence-electron chi connectivity index (χ1n) is 9.45. The van der Waals surface area contributed by atoms with E-state index in [4.69, 9.17) is 16.0 Å². The number of halogens is 2. The molecule has 0 aliphatic carbocycles. The molecule has 0 bridgehead atoms. The second kappa shape index (κ2) is 8.11. The van der Waals surface area contributed by atoms with Crippen LogP contribution in [0.5, 0.6) is 0 Å². The summed E-state index contributed by atoms with van der Waals surface area (Å²) in [6.07, 6.45) is 0. The Morgan fingerprint density at radius 3 is 2.40 bits per heavy atom. The molecule has 1 aliphatic heterocycles. The van der Waals surface area contributed by atoms with Gasteiger partial charge < -0.3 is 4.42 Å². The zero-order valence-corrected chi connectivity index (χ0v) is 17.8. The van der Waals surface area contributed by atoms with E-state index in [9.17, 15) is 17.6 Å². The van der Waals surface area contributed by atoms with E-state index in [0.29, 0.717) is 43.3 Å². The Bertz CT molecular complexity index is 1250. The summed E-state index contributed by atoms with van der Waals surface area (Å²) in [6.45, 7) is 3.93.